The van der Waals surface area contributed by atoms with Crippen LogP contribution >= 0.6 is 11.8 Å². The van der Waals surface area contributed by atoms with Crippen LogP contribution in [0.25, 0.3) is 11.2 Å². The van der Waals surface area contributed by atoms with E-state index in [0.29, 0.717) is 27.8 Å². The lowest BCUT2D eigenvalue weighted by molar-refractivity contribution is -0.115. The van der Waals surface area contributed by atoms with Crippen LogP contribution < -0.4 is 16.6 Å². The second-order valence-electron chi connectivity index (χ2n) is 6.39. The van der Waals surface area contributed by atoms with Gasteiger partial charge in [-0.1, -0.05) is 17.8 Å². The number of halogens is 1. The quantitative estimate of drug-likeness (QED) is 0.651. The maximum Gasteiger partial charge on any atom is 0.332 e. The van der Waals surface area contributed by atoms with Gasteiger partial charge in [0, 0.05) is 44.6 Å². The van der Waals surface area contributed by atoms with Gasteiger partial charge in [0.1, 0.15) is 5.82 Å². The van der Waals surface area contributed by atoms with Crippen molar-refractivity contribution in [2.75, 3.05) is 11.1 Å². The minimum Gasteiger partial charge on any atom is -0.326 e. The Hall–Kier alpha value is -2.88. The summed E-state index contributed by atoms with van der Waals surface area (Å²) in [5, 5.41) is 3.22. The highest BCUT2D eigenvalue weighted by Gasteiger charge is 2.17. The molecule has 1 amide bonds. The molecule has 0 radical (unpaired) electrons. The van der Waals surface area contributed by atoms with Crippen molar-refractivity contribution in [3.05, 3.63) is 50.4 Å². The molecule has 148 valence electrons. The zero-order chi connectivity index (χ0) is 20.6. The molecule has 3 aromatic rings. The fourth-order valence-electron chi connectivity index (χ4n) is 2.88. The van der Waals surface area contributed by atoms with Gasteiger partial charge in [0.15, 0.2) is 16.3 Å². The summed E-state index contributed by atoms with van der Waals surface area (Å²) in [6.07, 6.45) is 0.181. The fraction of sp³-hybridized carbons (Fsp3) is 0.333. The molecule has 3 rings (SSSR count). The Morgan fingerprint density at radius 1 is 1.18 bits per heavy atom. The lowest BCUT2D eigenvalue weighted by Crippen LogP contribution is -2.37. The average molecular weight is 405 g/mol. The summed E-state index contributed by atoms with van der Waals surface area (Å²) in [6, 6.07) is 4.52. The van der Waals surface area contributed by atoms with Crippen LogP contribution in [0.5, 0.6) is 0 Å². The van der Waals surface area contributed by atoms with Gasteiger partial charge in [-0.25, -0.2) is 14.2 Å². The number of amides is 1. The van der Waals surface area contributed by atoms with E-state index in [0.717, 1.165) is 4.57 Å². The third-order valence-corrected chi connectivity index (χ3v) is 5.56. The Kier molecular flexibility index (Phi) is 5.41. The number of thioether (sulfide) groups is 1. The van der Waals surface area contributed by atoms with Gasteiger partial charge in [-0.05, 0) is 19.1 Å². The maximum atomic E-state index is 13.6. The van der Waals surface area contributed by atoms with E-state index in [2.05, 4.69) is 10.3 Å². The van der Waals surface area contributed by atoms with Gasteiger partial charge in [0.05, 0.1) is 0 Å². The number of anilines is 1. The molecule has 8 nitrogen and oxygen atoms in total. The van der Waals surface area contributed by atoms with E-state index in [1.54, 1.807) is 31.7 Å². The molecule has 2 aromatic heterocycles. The Morgan fingerprint density at radius 3 is 2.61 bits per heavy atom. The molecular weight excluding hydrogens is 385 g/mol. The van der Waals surface area contributed by atoms with Crippen LogP contribution in [0, 0.1) is 12.7 Å². The maximum absolute atomic E-state index is 13.6. The van der Waals surface area contributed by atoms with Crippen molar-refractivity contribution in [3.63, 3.8) is 0 Å². The largest absolute Gasteiger partial charge is 0.332 e. The highest BCUT2D eigenvalue weighted by molar-refractivity contribution is 7.99. The molecule has 0 saturated heterocycles. The molecule has 10 heteroatoms. The monoisotopic (exact) mass is 405 g/mol. The van der Waals surface area contributed by atoms with Crippen LogP contribution in [0.3, 0.4) is 0 Å². The van der Waals surface area contributed by atoms with Crippen LogP contribution in [0.15, 0.2) is 32.9 Å². The van der Waals surface area contributed by atoms with E-state index in [-0.39, 0.29) is 23.7 Å². The predicted octanol–water partition coefficient (Wildman–Crippen LogP) is 1.54. The van der Waals surface area contributed by atoms with Gasteiger partial charge < -0.3 is 9.88 Å². The zero-order valence-corrected chi connectivity index (χ0v) is 16.8. The van der Waals surface area contributed by atoms with Gasteiger partial charge in [0.2, 0.25) is 5.91 Å². The van der Waals surface area contributed by atoms with Crippen LogP contribution in [-0.2, 0) is 25.9 Å². The van der Waals surface area contributed by atoms with Gasteiger partial charge in [-0.2, -0.15) is 0 Å². The van der Waals surface area contributed by atoms with E-state index < -0.39 is 11.2 Å². The highest BCUT2D eigenvalue weighted by atomic mass is 32.2. The number of hydrogen-bond donors (Lipinski definition) is 1. The molecular formula is C18H20FN5O3S. The molecule has 0 aliphatic heterocycles. The van der Waals surface area contributed by atoms with Crippen molar-refractivity contribution < 1.29 is 9.18 Å². The molecule has 1 aromatic carbocycles. The van der Waals surface area contributed by atoms with Crippen molar-refractivity contribution in [1.82, 2.24) is 18.7 Å². The minimum atomic E-state index is -0.458. The van der Waals surface area contributed by atoms with E-state index in [4.69, 9.17) is 0 Å². The smallest absolute Gasteiger partial charge is 0.326 e. The molecule has 0 saturated carbocycles. The summed E-state index contributed by atoms with van der Waals surface area (Å²) in [5.74, 6) is -0.214. The van der Waals surface area contributed by atoms with Crippen LogP contribution in [0.1, 0.15) is 12.0 Å². The molecule has 0 spiro atoms. The summed E-state index contributed by atoms with van der Waals surface area (Å²) >= 11 is 1.30. The number of rotatable bonds is 5. The minimum absolute atomic E-state index is 0.181. The lowest BCUT2D eigenvalue weighted by Gasteiger charge is -2.09. The predicted molar refractivity (Wildman–Crippen MR) is 106 cm³/mol. The SMILES string of the molecule is Cc1c(F)cccc1NC(=O)CCSc1nc2c(=O)n(C)c(=O)n(C)c2n1C. The number of aromatic nitrogens is 4. The zero-order valence-electron chi connectivity index (χ0n) is 15.9. The van der Waals surface area contributed by atoms with Crippen molar-refractivity contribution in [2.45, 2.75) is 18.5 Å². The first-order chi connectivity index (χ1) is 13.2. The molecule has 0 fully saturated rings. The molecule has 1 N–H and O–H groups in total. The molecule has 2 heterocycles. The number of fused-ring (bicyclic) bond motifs is 1. The number of hydrogen-bond acceptors (Lipinski definition) is 5. The summed E-state index contributed by atoms with van der Waals surface area (Å²) in [5.41, 5.74) is 0.568. The fourth-order valence-corrected chi connectivity index (χ4v) is 3.78. The first kappa shape index (κ1) is 19.9. The lowest BCUT2D eigenvalue weighted by atomic mass is 10.2. The Balaban J connectivity index is 1.73. The van der Waals surface area contributed by atoms with Crippen molar-refractivity contribution in [2.24, 2.45) is 21.1 Å². The number of aryl methyl sites for hydroxylation is 2. The van der Waals surface area contributed by atoms with Crippen molar-refractivity contribution in [3.8, 4) is 0 Å². The Labute approximate surface area is 164 Å². The number of carbonyl (C=O) groups excluding carboxylic acids is 1. The first-order valence-corrected chi connectivity index (χ1v) is 9.51. The number of benzene rings is 1. The first-order valence-electron chi connectivity index (χ1n) is 8.52. The summed E-state index contributed by atoms with van der Waals surface area (Å²) < 4.78 is 17.6. The van der Waals surface area contributed by atoms with E-state index in [9.17, 15) is 18.8 Å². The van der Waals surface area contributed by atoms with Crippen LogP contribution in [0.2, 0.25) is 0 Å². The van der Waals surface area contributed by atoms with Crippen LogP contribution in [-0.4, -0.2) is 30.3 Å². The molecule has 0 aliphatic carbocycles. The summed E-state index contributed by atoms with van der Waals surface area (Å²) in [6.45, 7) is 1.60. The molecule has 0 bridgehead atoms. The van der Waals surface area contributed by atoms with Gasteiger partial charge in [0.25, 0.3) is 5.56 Å². The Bertz CT molecular complexity index is 1190. The van der Waals surface area contributed by atoms with Crippen LogP contribution in [0.4, 0.5) is 10.1 Å². The third-order valence-electron chi connectivity index (χ3n) is 4.52. The van der Waals surface area contributed by atoms with Gasteiger partial charge in [-0.3, -0.25) is 18.7 Å². The summed E-state index contributed by atoms with van der Waals surface area (Å²) in [4.78, 5) is 40.9. The number of imidazole rings is 1. The second-order valence-corrected chi connectivity index (χ2v) is 7.45. The highest BCUT2D eigenvalue weighted by Crippen LogP contribution is 2.22. The van der Waals surface area contributed by atoms with E-state index >= 15 is 0 Å². The second kappa shape index (κ2) is 7.63. The topological polar surface area (TPSA) is 90.9 Å². The Morgan fingerprint density at radius 2 is 1.89 bits per heavy atom. The average Bonchev–Trinajstić information content (AvgIpc) is 2.99. The molecule has 0 unspecified atom stereocenters. The molecule has 0 atom stereocenters. The summed E-state index contributed by atoms with van der Waals surface area (Å²) in [7, 11) is 4.70. The van der Waals surface area contributed by atoms with Gasteiger partial charge in [-0.15, -0.1) is 0 Å². The van der Waals surface area contributed by atoms with E-state index in [1.165, 1.54) is 35.5 Å². The van der Waals surface area contributed by atoms with Crippen molar-refractivity contribution >= 4 is 34.5 Å². The normalized spacial score (nSPS) is 11.2. The third kappa shape index (κ3) is 3.47. The molecule has 28 heavy (non-hydrogen) atoms. The number of nitrogens with one attached hydrogen (secondary N) is 1. The van der Waals surface area contributed by atoms with Gasteiger partial charge >= 0.3 is 5.69 Å². The number of nitrogens with zero attached hydrogens (tertiary/aromatic N) is 4. The molecule has 0 aliphatic rings. The standard InChI is InChI=1S/C18H20FN5O3S/c1-10-11(19)6-5-7-12(10)20-13(25)8-9-28-17-21-14-15(22(17)2)23(3)18(27)24(4)16(14)26/h5-7H,8-9H2,1-4H3,(H,20,25). The van der Waals surface area contributed by atoms with Crippen molar-refractivity contribution in [1.29, 1.82) is 0 Å². The van der Waals surface area contributed by atoms with E-state index in [1.807, 2.05) is 0 Å². The number of carbonyl (C=O) groups is 1.